The summed E-state index contributed by atoms with van der Waals surface area (Å²) in [4.78, 5) is 11.4. The number of benzene rings is 1. The number of carbonyl (C=O) groups excluding carboxylic acids is 1. The van der Waals surface area contributed by atoms with Crippen molar-refractivity contribution in [2.24, 2.45) is 0 Å². The van der Waals surface area contributed by atoms with Gasteiger partial charge in [0.15, 0.2) is 0 Å². The summed E-state index contributed by atoms with van der Waals surface area (Å²) < 4.78 is 36.0. The van der Waals surface area contributed by atoms with E-state index in [-0.39, 0.29) is 20.6 Å². The summed E-state index contributed by atoms with van der Waals surface area (Å²) in [6.45, 7) is 0. The van der Waals surface area contributed by atoms with Crippen molar-refractivity contribution in [3.63, 3.8) is 0 Å². The first-order valence-electron chi connectivity index (χ1n) is 4.33. The summed E-state index contributed by atoms with van der Waals surface area (Å²) in [5.74, 6) is -1.18. The highest BCUT2D eigenvalue weighted by Gasteiger charge is 2.39. The maximum Gasteiger partial charge on any atom is 0.433 e. The van der Waals surface area contributed by atoms with Crippen LogP contribution in [0.1, 0.15) is 10.4 Å². The first-order chi connectivity index (χ1) is 8.12. The fraction of sp³-hybridized carbons (Fsp3) is 0.222. The topological polar surface area (TPSA) is 49.3 Å². The van der Waals surface area contributed by atoms with Gasteiger partial charge in [-0.25, -0.2) is 0 Å². The Labute approximate surface area is 114 Å². The van der Waals surface area contributed by atoms with Crippen molar-refractivity contribution >= 4 is 40.7 Å². The molecule has 18 heavy (non-hydrogen) atoms. The van der Waals surface area contributed by atoms with E-state index < -0.39 is 18.3 Å². The summed E-state index contributed by atoms with van der Waals surface area (Å²) in [6.07, 6.45) is -7.94. The molecule has 0 aromatic heterocycles. The number of alkyl halides is 3. The molecule has 0 spiro atoms. The molecule has 0 radical (unpaired) electrons. The van der Waals surface area contributed by atoms with Gasteiger partial charge in [0, 0.05) is 5.56 Å². The number of aliphatic hydroxyl groups is 1. The van der Waals surface area contributed by atoms with Crippen LogP contribution in [0.2, 0.25) is 15.1 Å². The van der Waals surface area contributed by atoms with Crippen LogP contribution >= 0.6 is 34.8 Å². The maximum absolute atomic E-state index is 12.0. The van der Waals surface area contributed by atoms with Crippen molar-refractivity contribution in [1.29, 1.82) is 0 Å². The van der Waals surface area contributed by atoms with Gasteiger partial charge in [0.2, 0.25) is 6.23 Å². The molecule has 0 saturated carbocycles. The number of hydrogen-bond donors (Lipinski definition) is 2. The van der Waals surface area contributed by atoms with Gasteiger partial charge in [-0.1, -0.05) is 34.8 Å². The minimum absolute atomic E-state index is 0.0220. The van der Waals surface area contributed by atoms with E-state index in [9.17, 15) is 18.0 Å². The predicted molar refractivity (Wildman–Crippen MR) is 61.0 cm³/mol. The molecule has 3 nitrogen and oxygen atoms in total. The average Bonchev–Trinajstić information content (AvgIpc) is 2.23. The molecule has 2 N–H and O–H groups in total. The van der Waals surface area contributed by atoms with E-state index in [0.29, 0.717) is 0 Å². The third-order valence-electron chi connectivity index (χ3n) is 1.82. The van der Waals surface area contributed by atoms with Gasteiger partial charge in [0.25, 0.3) is 5.91 Å². The highest BCUT2D eigenvalue weighted by molar-refractivity contribution is 6.48. The molecule has 0 heterocycles. The number of halogens is 6. The normalized spacial score (nSPS) is 13.3. The standard InChI is InChI=1S/C9H5Cl3F3NO2/c10-4-1-3(2-5(11)6(4)12)7(17)16-8(18)9(13,14)15/h1-2,8,18H,(H,16,17). The van der Waals surface area contributed by atoms with E-state index in [1.165, 1.54) is 5.32 Å². The first-order valence-corrected chi connectivity index (χ1v) is 5.46. The number of aliphatic hydroxyl groups excluding tert-OH is 1. The average molecular weight is 322 g/mol. The van der Waals surface area contributed by atoms with Gasteiger partial charge in [0.1, 0.15) is 0 Å². The Hall–Kier alpha value is -0.690. The number of amides is 1. The van der Waals surface area contributed by atoms with E-state index in [2.05, 4.69) is 0 Å². The smallest absolute Gasteiger partial charge is 0.366 e. The van der Waals surface area contributed by atoms with Crippen molar-refractivity contribution in [2.75, 3.05) is 0 Å². The van der Waals surface area contributed by atoms with E-state index in [4.69, 9.17) is 39.9 Å². The number of nitrogens with one attached hydrogen (secondary N) is 1. The summed E-state index contributed by atoms with van der Waals surface area (Å²) >= 11 is 16.8. The molecule has 0 saturated heterocycles. The van der Waals surface area contributed by atoms with Crippen LogP contribution in [0.4, 0.5) is 13.2 Å². The van der Waals surface area contributed by atoms with Gasteiger partial charge in [-0.05, 0) is 12.1 Å². The van der Waals surface area contributed by atoms with Crippen LogP contribution in [-0.4, -0.2) is 23.4 Å². The number of rotatable bonds is 2. The van der Waals surface area contributed by atoms with Crippen LogP contribution in [0.3, 0.4) is 0 Å². The first kappa shape index (κ1) is 15.4. The lowest BCUT2D eigenvalue weighted by atomic mass is 10.2. The van der Waals surface area contributed by atoms with Crippen molar-refractivity contribution in [3.05, 3.63) is 32.8 Å². The van der Waals surface area contributed by atoms with Crippen molar-refractivity contribution in [2.45, 2.75) is 12.4 Å². The van der Waals surface area contributed by atoms with Crippen molar-refractivity contribution in [1.82, 2.24) is 5.32 Å². The molecule has 0 aliphatic rings. The summed E-state index contributed by atoms with van der Waals surface area (Å²) in [6, 6.07) is 2.07. The van der Waals surface area contributed by atoms with Crippen LogP contribution in [0.5, 0.6) is 0 Å². The summed E-state index contributed by atoms with van der Waals surface area (Å²) in [5, 5.41) is 9.81. The molecule has 1 unspecified atom stereocenters. The van der Waals surface area contributed by atoms with Gasteiger partial charge in [-0.3, -0.25) is 4.79 Å². The van der Waals surface area contributed by atoms with Gasteiger partial charge in [0.05, 0.1) is 15.1 Å². The van der Waals surface area contributed by atoms with Crippen molar-refractivity contribution < 1.29 is 23.1 Å². The lowest BCUT2D eigenvalue weighted by Gasteiger charge is -2.16. The third-order valence-corrected chi connectivity index (χ3v) is 3.02. The van der Waals surface area contributed by atoms with E-state index in [1.807, 2.05) is 0 Å². The van der Waals surface area contributed by atoms with Crippen LogP contribution < -0.4 is 5.32 Å². The van der Waals surface area contributed by atoms with E-state index in [0.717, 1.165) is 12.1 Å². The van der Waals surface area contributed by atoms with Gasteiger partial charge in [-0.15, -0.1) is 0 Å². The second-order valence-corrected chi connectivity index (χ2v) is 4.36. The number of hydrogen-bond acceptors (Lipinski definition) is 2. The Balaban J connectivity index is 2.92. The maximum atomic E-state index is 12.0. The Morgan fingerprint density at radius 2 is 1.67 bits per heavy atom. The lowest BCUT2D eigenvalue weighted by Crippen LogP contribution is -2.45. The molecule has 100 valence electrons. The molecular formula is C9H5Cl3F3NO2. The second-order valence-electron chi connectivity index (χ2n) is 3.17. The minimum Gasteiger partial charge on any atom is -0.366 e. The molecule has 0 aliphatic carbocycles. The van der Waals surface area contributed by atoms with Gasteiger partial charge < -0.3 is 10.4 Å². The largest absolute Gasteiger partial charge is 0.433 e. The fourth-order valence-corrected chi connectivity index (χ4v) is 1.57. The molecule has 1 aromatic rings. The Morgan fingerprint density at radius 3 is 2.06 bits per heavy atom. The zero-order valence-corrected chi connectivity index (χ0v) is 10.6. The van der Waals surface area contributed by atoms with Crippen LogP contribution in [0.25, 0.3) is 0 Å². The monoisotopic (exact) mass is 321 g/mol. The molecule has 0 bridgehead atoms. The molecular weight excluding hydrogens is 317 g/mol. The lowest BCUT2D eigenvalue weighted by molar-refractivity contribution is -0.209. The Bertz CT molecular complexity index is 456. The molecule has 1 atom stereocenters. The minimum atomic E-state index is -4.96. The molecule has 1 aromatic carbocycles. The molecule has 1 amide bonds. The van der Waals surface area contributed by atoms with Gasteiger partial charge in [-0.2, -0.15) is 13.2 Å². The van der Waals surface area contributed by atoms with Crippen LogP contribution in [-0.2, 0) is 0 Å². The third kappa shape index (κ3) is 3.65. The molecule has 0 aliphatic heterocycles. The predicted octanol–water partition coefficient (Wildman–Crippen LogP) is 3.26. The zero-order valence-electron chi connectivity index (χ0n) is 8.36. The highest BCUT2D eigenvalue weighted by Crippen LogP contribution is 2.31. The summed E-state index contributed by atoms with van der Waals surface area (Å²) in [5.41, 5.74) is -0.252. The Morgan fingerprint density at radius 1 is 1.22 bits per heavy atom. The quantitative estimate of drug-likeness (QED) is 0.648. The SMILES string of the molecule is O=C(NC(O)C(F)(F)F)c1cc(Cl)c(Cl)c(Cl)c1. The van der Waals surface area contributed by atoms with E-state index >= 15 is 0 Å². The second kappa shape index (κ2) is 5.52. The van der Waals surface area contributed by atoms with Gasteiger partial charge >= 0.3 is 6.18 Å². The summed E-state index contributed by atoms with van der Waals surface area (Å²) in [7, 11) is 0. The number of carbonyl (C=O) groups is 1. The Kier molecular flexibility index (Phi) is 4.72. The zero-order chi connectivity index (χ0) is 14.1. The van der Waals surface area contributed by atoms with Crippen LogP contribution in [0.15, 0.2) is 12.1 Å². The fourth-order valence-electron chi connectivity index (χ4n) is 0.976. The van der Waals surface area contributed by atoms with E-state index in [1.54, 1.807) is 0 Å². The molecule has 1 rings (SSSR count). The molecule has 0 fully saturated rings. The van der Waals surface area contributed by atoms with Crippen LogP contribution in [0, 0.1) is 0 Å². The molecule has 9 heteroatoms. The van der Waals surface area contributed by atoms with Crippen molar-refractivity contribution in [3.8, 4) is 0 Å². The highest BCUT2D eigenvalue weighted by atomic mass is 35.5.